The van der Waals surface area contributed by atoms with Crippen LogP contribution in [-0.2, 0) is 4.79 Å². The van der Waals surface area contributed by atoms with Crippen LogP contribution in [0.1, 0.15) is 4.79 Å². The third-order valence-corrected chi connectivity index (χ3v) is 6.40. The number of carbonyl (C=O) groups is 2. The molecule has 4 aromatic carbocycles. The van der Waals surface area contributed by atoms with Crippen molar-refractivity contribution in [1.29, 1.82) is 0 Å². The molecule has 0 aliphatic heterocycles. The number of ether oxygens (including phenoxy) is 1. The van der Waals surface area contributed by atoms with Crippen LogP contribution in [0.15, 0.2) is 108 Å². The van der Waals surface area contributed by atoms with E-state index in [0.29, 0.717) is 11.4 Å². The lowest BCUT2D eigenvalue weighted by molar-refractivity contribution is -0.118. The maximum Gasteiger partial charge on any atom is 0.262 e. The molecule has 0 saturated carbocycles. The van der Waals surface area contributed by atoms with Crippen LogP contribution in [0.5, 0.6) is 5.75 Å². The Kier molecular flexibility index (Phi) is 6.31. The number of thioether (sulfide) groups is 1. The van der Waals surface area contributed by atoms with E-state index in [1.165, 1.54) is 11.8 Å². The summed E-state index contributed by atoms with van der Waals surface area (Å²) in [5.74, 6) is 0.683. The summed E-state index contributed by atoms with van der Waals surface area (Å²) in [6.07, 6.45) is 0. The third kappa shape index (κ3) is 4.67. The Bertz CT molecular complexity index is 1420. The Labute approximate surface area is 201 Å². The van der Waals surface area contributed by atoms with Crippen molar-refractivity contribution in [2.75, 3.05) is 17.7 Å². The van der Waals surface area contributed by atoms with Crippen molar-refractivity contribution in [3.8, 4) is 5.75 Å². The molecule has 1 aromatic heterocycles. The molecule has 0 aliphatic carbocycles. The highest BCUT2D eigenvalue weighted by atomic mass is 32.2. The Hall–Kier alpha value is -4.03. The molecule has 1 N–H and O–H groups in total. The lowest BCUT2D eigenvalue weighted by Crippen LogP contribution is -2.20. The SMILES string of the molecule is O=C(COc1ccccc1)Nc1cccc(SCC(=O)n2c3ccccc3c3ccccc32)c1. The second-order valence-electron chi connectivity index (χ2n) is 7.73. The van der Waals surface area contributed by atoms with Crippen LogP contribution < -0.4 is 10.1 Å². The average molecular weight is 467 g/mol. The topological polar surface area (TPSA) is 60.3 Å². The number of aromatic nitrogens is 1. The van der Waals surface area contributed by atoms with E-state index in [1.54, 1.807) is 16.7 Å². The maximum atomic E-state index is 13.2. The van der Waals surface area contributed by atoms with Crippen molar-refractivity contribution in [2.24, 2.45) is 0 Å². The minimum atomic E-state index is -0.243. The molecular weight excluding hydrogens is 444 g/mol. The normalized spacial score (nSPS) is 10.9. The van der Waals surface area contributed by atoms with Crippen LogP contribution in [0, 0.1) is 0 Å². The molecule has 5 aromatic rings. The van der Waals surface area contributed by atoms with E-state index in [4.69, 9.17) is 4.74 Å². The average Bonchev–Trinajstić information content (AvgIpc) is 3.21. The highest BCUT2D eigenvalue weighted by Gasteiger charge is 2.15. The first-order valence-corrected chi connectivity index (χ1v) is 11.9. The predicted octanol–water partition coefficient (Wildman–Crippen LogP) is 6.24. The summed E-state index contributed by atoms with van der Waals surface area (Å²) in [4.78, 5) is 26.4. The molecule has 0 bridgehead atoms. The lowest BCUT2D eigenvalue weighted by atomic mass is 10.2. The smallest absolute Gasteiger partial charge is 0.262 e. The van der Waals surface area contributed by atoms with E-state index < -0.39 is 0 Å². The predicted molar refractivity (Wildman–Crippen MR) is 138 cm³/mol. The number of anilines is 1. The molecule has 1 heterocycles. The first-order valence-electron chi connectivity index (χ1n) is 10.9. The first kappa shape index (κ1) is 21.8. The molecule has 6 heteroatoms. The van der Waals surface area contributed by atoms with Crippen LogP contribution in [0.25, 0.3) is 21.8 Å². The van der Waals surface area contributed by atoms with E-state index in [1.807, 2.05) is 91.0 Å². The Morgan fingerprint density at radius 2 is 1.41 bits per heavy atom. The minimum absolute atomic E-state index is 0.00750. The summed E-state index contributed by atoms with van der Waals surface area (Å²) in [6, 6.07) is 32.6. The molecule has 5 nitrogen and oxygen atoms in total. The van der Waals surface area contributed by atoms with E-state index >= 15 is 0 Å². The molecule has 0 atom stereocenters. The molecule has 0 unspecified atom stereocenters. The van der Waals surface area contributed by atoms with E-state index in [-0.39, 0.29) is 24.2 Å². The van der Waals surface area contributed by atoms with Crippen molar-refractivity contribution in [3.05, 3.63) is 103 Å². The Balaban J connectivity index is 1.26. The van der Waals surface area contributed by atoms with Gasteiger partial charge >= 0.3 is 0 Å². The first-order chi connectivity index (χ1) is 16.7. The fourth-order valence-corrected chi connectivity index (χ4v) is 4.73. The van der Waals surface area contributed by atoms with Gasteiger partial charge in [-0.1, -0.05) is 60.7 Å². The van der Waals surface area contributed by atoms with Crippen molar-refractivity contribution in [2.45, 2.75) is 4.90 Å². The minimum Gasteiger partial charge on any atom is -0.484 e. The molecule has 0 fully saturated rings. The summed E-state index contributed by atoms with van der Waals surface area (Å²) >= 11 is 1.44. The van der Waals surface area contributed by atoms with Gasteiger partial charge in [0.1, 0.15) is 5.75 Å². The molecule has 0 spiro atoms. The van der Waals surface area contributed by atoms with Crippen LogP contribution in [-0.4, -0.2) is 28.7 Å². The van der Waals surface area contributed by atoms with Crippen LogP contribution in [0.3, 0.4) is 0 Å². The number of fused-ring (bicyclic) bond motifs is 3. The lowest BCUT2D eigenvalue weighted by Gasteiger charge is -2.09. The third-order valence-electron chi connectivity index (χ3n) is 5.42. The van der Waals surface area contributed by atoms with Crippen molar-refractivity contribution < 1.29 is 14.3 Å². The summed E-state index contributed by atoms with van der Waals surface area (Å²) < 4.78 is 7.29. The van der Waals surface area contributed by atoms with Crippen molar-refractivity contribution in [3.63, 3.8) is 0 Å². The zero-order chi connectivity index (χ0) is 23.3. The van der Waals surface area contributed by atoms with Crippen LogP contribution in [0.4, 0.5) is 5.69 Å². The van der Waals surface area contributed by atoms with Gasteiger partial charge in [0.2, 0.25) is 5.91 Å². The van der Waals surface area contributed by atoms with Gasteiger partial charge in [-0.25, -0.2) is 0 Å². The van der Waals surface area contributed by atoms with Gasteiger partial charge in [-0.2, -0.15) is 0 Å². The molecule has 168 valence electrons. The monoisotopic (exact) mass is 466 g/mol. The standard InChI is InChI=1S/C28H22N2O3S/c31-27(18-33-21-10-2-1-3-11-21)29-20-9-8-12-22(17-20)34-19-28(32)30-25-15-6-4-13-23(25)24-14-5-7-16-26(24)30/h1-17H,18-19H2,(H,29,31). The summed E-state index contributed by atoms with van der Waals surface area (Å²) in [7, 11) is 0. The number of hydrogen-bond donors (Lipinski definition) is 1. The van der Waals surface area contributed by atoms with Gasteiger partial charge in [-0.3, -0.25) is 14.2 Å². The quantitative estimate of drug-likeness (QED) is 0.288. The number of amides is 1. The van der Waals surface area contributed by atoms with E-state index in [2.05, 4.69) is 5.32 Å². The number of nitrogens with one attached hydrogen (secondary N) is 1. The number of carbonyl (C=O) groups excluding carboxylic acids is 2. The summed E-state index contributed by atoms with van der Waals surface area (Å²) in [5.41, 5.74) is 2.48. The largest absolute Gasteiger partial charge is 0.484 e. The number of nitrogens with zero attached hydrogens (tertiary/aromatic N) is 1. The molecule has 0 saturated heterocycles. The fraction of sp³-hybridized carbons (Fsp3) is 0.0714. The van der Waals surface area contributed by atoms with Gasteiger partial charge in [-0.05, 0) is 42.5 Å². The number of rotatable bonds is 7. The van der Waals surface area contributed by atoms with Gasteiger partial charge < -0.3 is 10.1 Å². The van der Waals surface area contributed by atoms with E-state index in [9.17, 15) is 9.59 Å². The number of hydrogen-bond acceptors (Lipinski definition) is 4. The van der Waals surface area contributed by atoms with Gasteiger partial charge in [0.15, 0.2) is 6.61 Å². The highest BCUT2D eigenvalue weighted by Crippen LogP contribution is 2.30. The molecule has 0 radical (unpaired) electrons. The maximum absolute atomic E-state index is 13.2. The van der Waals surface area contributed by atoms with E-state index in [0.717, 1.165) is 26.7 Å². The Morgan fingerprint density at radius 3 is 2.12 bits per heavy atom. The summed E-state index contributed by atoms with van der Waals surface area (Å²) in [6.45, 7) is -0.0757. The van der Waals surface area contributed by atoms with Gasteiger partial charge in [0.05, 0.1) is 16.8 Å². The summed E-state index contributed by atoms with van der Waals surface area (Å²) in [5, 5.41) is 4.99. The number of para-hydroxylation sites is 3. The molecule has 0 aliphatic rings. The fourth-order valence-electron chi connectivity index (χ4n) is 3.93. The van der Waals surface area contributed by atoms with Crippen LogP contribution in [0.2, 0.25) is 0 Å². The second kappa shape index (κ2) is 9.85. The molecule has 1 amide bonds. The molecule has 34 heavy (non-hydrogen) atoms. The van der Waals surface area contributed by atoms with Gasteiger partial charge in [-0.15, -0.1) is 11.8 Å². The van der Waals surface area contributed by atoms with Crippen molar-refractivity contribution >= 4 is 51.1 Å². The number of benzene rings is 4. The zero-order valence-corrected chi connectivity index (χ0v) is 19.1. The highest BCUT2D eigenvalue weighted by molar-refractivity contribution is 8.00. The molecule has 5 rings (SSSR count). The second-order valence-corrected chi connectivity index (χ2v) is 8.78. The molecular formula is C28H22N2O3S. The van der Waals surface area contributed by atoms with Gasteiger partial charge in [0, 0.05) is 21.4 Å². The van der Waals surface area contributed by atoms with Crippen molar-refractivity contribution in [1.82, 2.24) is 4.57 Å². The Morgan fingerprint density at radius 1 is 0.765 bits per heavy atom. The van der Waals surface area contributed by atoms with Gasteiger partial charge in [0.25, 0.3) is 5.91 Å². The zero-order valence-electron chi connectivity index (χ0n) is 18.3. The van der Waals surface area contributed by atoms with Crippen LogP contribution >= 0.6 is 11.8 Å².